The van der Waals surface area contributed by atoms with Gasteiger partial charge in [-0.05, 0) is 43.9 Å². The largest absolute Gasteiger partial charge is 0.493 e. The molecule has 3 N–H and O–H groups in total. The summed E-state index contributed by atoms with van der Waals surface area (Å²) in [5, 5.41) is 8.20. The third-order valence-electron chi connectivity index (χ3n) is 3.95. The summed E-state index contributed by atoms with van der Waals surface area (Å²) in [7, 11) is 1.60. The van der Waals surface area contributed by atoms with Crippen LogP contribution >= 0.6 is 0 Å². The normalized spacial score (nSPS) is 13.0. The lowest BCUT2D eigenvalue weighted by Crippen LogP contribution is -2.49. The van der Waals surface area contributed by atoms with Crippen molar-refractivity contribution >= 4 is 11.9 Å². The van der Waals surface area contributed by atoms with E-state index in [1.165, 1.54) is 0 Å². The Morgan fingerprint density at radius 1 is 1.11 bits per heavy atom. The van der Waals surface area contributed by atoms with Crippen molar-refractivity contribution in [2.45, 2.75) is 53.1 Å². The van der Waals surface area contributed by atoms with Crippen molar-refractivity contribution < 1.29 is 19.1 Å². The summed E-state index contributed by atoms with van der Waals surface area (Å²) in [4.78, 5) is 23.9. The maximum Gasteiger partial charge on any atom is 0.321 e. The standard InChI is InChI=1S/C20H33N3O4/c1-7-10-27-17-9-8-16(11-18(17)26-6)14(4)22-15(5)19(24)23-20(25)21-12-13(2)3/h8-9,11,13-15,22H,7,10,12H2,1-6H3,(H2,21,23,24,25). The highest BCUT2D eigenvalue weighted by atomic mass is 16.5. The summed E-state index contributed by atoms with van der Waals surface area (Å²) in [6.07, 6.45) is 0.917. The van der Waals surface area contributed by atoms with Crippen molar-refractivity contribution in [2.75, 3.05) is 20.3 Å². The molecule has 7 nitrogen and oxygen atoms in total. The third kappa shape index (κ3) is 7.86. The summed E-state index contributed by atoms with van der Waals surface area (Å²) in [5.74, 6) is 1.29. The molecule has 152 valence electrons. The lowest BCUT2D eigenvalue weighted by Gasteiger charge is -2.21. The van der Waals surface area contributed by atoms with Gasteiger partial charge < -0.3 is 14.8 Å². The first-order valence-corrected chi connectivity index (χ1v) is 9.43. The zero-order valence-electron chi connectivity index (χ0n) is 17.2. The molecule has 0 aromatic heterocycles. The first-order chi connectivity index (χ1) is 12.8. The van der Waals surface area contributed by atoms with Crippen molar-refractivity contribution in [3.8, 4) is 11.5 Å². The average molecular weight is 380 g/mol. The number of amides is 3. The number of benzene rings is 1. The molecule has 0 saturated heterocycles. The zero-order chi connectivity index (χ0) is 20.4. The Bertz CT molecular complexity index is 619. The van der Waals surface area contributed by atoms with Gasteiger partial charge in [0.2, 0.25) is 5.91 Å². The highest BCUT2D eigenvalue weighted by molar-refractivity contribution is 5.96. The predicted octanol–water partition coefficient (Wildman–Crippen LogP) is 3.00. The van der Waals surface area contributed by atoms with Crippen molar-refractivity contribution in [1.82, 2.24) is 16.0 Å². The van der Waals surface area contributed by atoms with Crippen LogP contribution in [0.15, 0.2) is 18.2 Å². The molecule has 1 rings (SSSR count). The summed E-state index contributed by atoms with van der Waals surface area (Å²) in [6, 6.07) is 4.57. The van der Waals surface area contributed by atoms with Crippen LogP contribution in [0.25, 0.3) is 0 Å². The smallest absolute Gasteiger partial charge is 0.321 e. The molecule has 7 heteroatoms. The predicted molar refractivity (Wildman–Crippen MR) is 106 cm³/mol. The minimum Gasteiger partial charge on any atom is -0.493 e. The first-order valence-electron chi connectivity index (χ1n) is 9.43. The van der Waals surface area contributed by atoms with Crippen LogP contribution in [0.3, 0.4) is 0 Å². The Morgan fingerprint density at radius 2 is 1.81 bits per heavy atom. The Morgan fingerprint density at radius 3 is 2.41 bits per heavy atom. The van der Waals surface area contributed by atoms with E-state index < -0.39 is 12.1 Å². The van der Waals surface area contributed by atoms with Crippen molar-refractivity contribution in [3.05, 3.63) is 23.8 Å². The number of imide groups is 1. The second-order valence-corrected chi connectivity index (χ2v) is 6.96. The molecule has 0 heterocycles. The molecule has 0 aliphatic rings. The molecule has 1 aromatic carbocycles. The van der Waals surface area contributed by atoms with Crippen LogP contribution in [0.1, 0.15) is 52.6 Å². The highest BCUT2D eigenvalue weighted by Gasteiger charge is 2.19. The van der Waals surface area contributed by atoms with Gasteiger partial charge in [-0.1, -0.05) is 26.8 Å². The van der Waals surface area contributed by atoms with Crippen molar-refractivity contribution in [3.63, 3.8) is 0 Å². The second kappa shape index (κ2) is 11.4. The first kappa shape index (κ1) is 22.8. The summed E-state index contributed by atoms with van der Waals surface area (Å²) in [5.41, 5.74) is 0.958. The molecule has 0 fully saturated rings. The van der Waals surface area contributed by atoms with E-state index in [1.54, 1.807) is 14.0 Å². The zero-order valence-corrected chi connectivity index (χ0v) is 17.2. The molecule has 0 aliphatic carbocycles. The molecule has 0 bridgehead atoms. The average Bonchev–Trinajstić information content (AvgIpc) is 2.64. The maximum absolute atomic E-state index is 12.2. The Labute approximate surface area is 162 Å². The van der Waals surface area contributed by atoms with Gasteiger partial charge in [-0.15, -0.1) is 0 Å². The number of hydrogen-bond donors (Lipinski definition) is 3. The SMILES string of the molecule is CCCOc1ccc(C(C)NC(C)C(=O)NC(=O)NCC(C)C)cc1OC. The van der Waals surface area contributed by atoms with Gasteiger partial charge in [0.15, 0.2) is 11.5 Å². The maximum atomic E-state index is 12.2. The number of rotatable bonds is 10. The van der Waals surface area contributed by atoms with Crippen LogP contribution in [0.2, 0.25) is 0 Å². The third-order valence-corrected chi connectivity index (χ3v) is 3.95. The van der Waals surface area contributed by atoms with Crippen LogP contribution in [-0.4, -0.2) is 38.2 Å². The number of urea groups is 1. The van der Waals surface area contributed by atoms with Gasteiger partial charge in [0.05, 0.1) is 19.8 Å². The molecule has 3 amide bonds. The van der Waals surface area contributed by atoms with E-state index >= 15 is 0 Å². The van der Waals surface area contributed by atoms with Gasteiger partial charge in [-0.25, -0.2) is 4.79 Å². The number of hydrogen-bond acceptors (Lipinski definition) is 5. The molecule has 1 aromatic rings. The molecule has 0 spiro atoms. The topological polar surface area (TPSA) is 88.7 Å². The van der Waals surface area contributed by atoms with Crippen LogP contribution in [0, 0.1) is 5.92 Å². The summed E-state index contributed by atoms with van der Waals surface area (Å²) < 4.78 is 11.1. The van der Waals surface area contributed by atoms with E-state index in [1.807, 2.05) is 45.9 Å². The number of ether oxygens (including phenoxy) is 2. The molecule has 0 aliphatic heterocycles. The summed E-state index contributed by atoms with van der Waals surface area (Å²) >= 11 is 0. The van der Waals surface area contributed by atoms with Crippen LogP contribution in [0.5, 0.6) is 11.5 Å². The van der Waals surface area contributed by atoms with Crippen molar-refractivity contribution in [1.29, 1.82) is 0 Å². The van der Waals surface area contributed by atoms with E-state index in [0.717, 1.165) is 12.0 Å². The number of carbonyl (C=O) groups is 2. The molecule has 0 radical (unpaired) electrons. The van der Waals surface area contributed by atoms with Crippen molar-refractivity contribution in [2.24, 2.45) is 5.92 Å². The van der Waals surface area contributed by atoms with Gasteiger partial charge in [-0.3, -0.25) is 15.4 Å². The van der Waals surface area contributed by atoms with Gasteiger partial charge in [0.1, 0.15) is 0 Å². The molecule has 2 unspecified atom stereocenters. The minimum absolute atomic E-state index is 0.112. The Balaban J connectivity index is 2.64. The van der Waals surface area contributed by atoms with E-state index in [0.29, 0.717) is 30.6 Å². The van der Waals surface area contributed by atoms with E-state index in [2.05, 4.69) is 16.0 Å². The molecular formula is C20H33N3O4. The van der Waals surface area contributed by atoms with Crippen LogP contribution in [0.4, 0.5) is 4.79 Å². The second-order valence-electron chi connectivity index (χ2n) is 6.96. The van der Waals surface area contributed by atoms with Gasteiger partial charge in [-0.2, -0.15) is 0 Å². The fourth-order valence-corrected chi connectivity index (χ4v) is 2.39. The minimum atomic E-state index is -0.535. The quantitative estimate of drug-likeness (QED) is 0.582. The van der Waals surface area contributed by atoms with E-state index in [9.17, 15) is 9.59 Å². The fourth-order valence-electron chi connectivity index (χ4n) is 2.39. The number of nitrogens with one attached hydrogen (secondary N) is 3. The van der Waals surface area contributed by atoms with E-state index in [4.69, 9.17) is 9.47 Å². The summed E-state index contributed by atoms with van der Waals surface area (Å²) in [6.45, 7) is 10.8. The van der Waals surface area contributed by atoms with Crippen LogP contribution < -0.4 is 25.4 Å². The number of carbonyl (C=O) groups excluding carboxylic acids is 2. The lowest BCUT2D eigenvalue weighted by atomic mass is 10.1. The Hall–Kier alpha value is -2.28. The van der Waals surface area contributed by atoms with Crippen LogP contribution in [-0.2, 0) is 4.79 Å². The van der Waals surface area contributed by atoms with Gasteiger partial charge >= 0.3 is 6.03 Å². The van der Waals surface area contributed by atoms with Gasteiger partial charge in [0, 0.05) is 12.6 Å². The monoisotopic (exact) mass is 379 g/mol. The van der Waals surface area contributed by atoms with E-state index in [-0.39, 0.29) is 11.9 Å². The highest BCUT2D eigenvalue weighted by Crippen LogP contribution is 2.30. The molecule has 0 saturated carbocycles. The number of methoxy groups -OCH3 is 1. The molecule has 27 heavy (non-hydrogen) atoms. The van der Waals surface area contributed by atoms with Gasteiger partial charge in [0.25, 0.3) is 0 Å². The molecule has 2 atom stereocenters. The Kier molecular flexibility index (Phi) is 9.64. The lowest BCUT2D eigenvalue weighted by molar-refractivity contribution is -0.121. The fraction of sp³-hybridized carbons (Fsp3) is 0.600. The molecular weight excluding hydrogens is 346 g/mol.